The monoisotopic (exact) mass is 491 g/mol. The van der Waals surface area contributed by atoms with Gasteiger partial charge in [-0.05, 0) is 68.6 Å². The van der Waals surface area contributed by atoms with E-state index < -0.39 is 18.3 Å². The lowest BCUT2D eigenvalue weighted by Crippen LogP contribution is -2.15. The van der Waals surface area contributed by atoms with Gasteiger partial charge >= 0.3 is 5.97 Å². The average Bonchev–Trinajstić information content (AvgIpc) is 3.49. The van der Waals surface area contributed by atoms with Crippen molar-refractivity contribution in [2.45, 2.75) is 57.8 Å². The largest absolute Gasteiger partial charge is 0.462 e. The summed E-state index contributed by atoms with van der Waals surface area (Å²) in [7, 11) is 0. The molecule has 0 spiro atoms. The van der Waals surface area contributed by atoms with Gasteiger partial charge in [0.1, 0.15) is 20.4 Å². The zero-order valence-corrected chi connectivity index (χ0v) is 19.6. The van der Waals surface area contributed by atoms with Crippen molar-refractivity contribution in [1.29, 1.82) is 0 Å². The highest BCUT2D eigenvalue weighted by molar-refractivity contribution is 7.21. The number of nitrogen functional groups attached to an aromatic ring is 1. The van der Waals surface area contributed by atoms with Gasteiger partial charge in [-0.1, -0.05) is 0 Å². The highest BCUT2D eigenvalue weighted by Crippen LogP contribution is 2.48. The van der Waals surface area contributed by atoms with Crippen LogP contribution >= 0.6 is 22.7 Å². The number of ether oxygens (including phenoxy) is 1. The number of rotatable bonds is 6. The Labute approximate surface area is 197 Å². The van der Waals surface area contributed by atoms with E-state index in [1.165, 1.54) is 17.4 Å². The molecule has 2 aliphatic carbocycles. The summed E-state index contributed by atoms with van der Waals surface area (Å²) in [5.74, 6) is -0.754. The molecule has 3 aromatic heterocycles. The first kappa shape index (κ1) is 22.2. The van der Waals surface area contributed by atoms with Crippen molar-refractivity contribution in [2.75, 3.05) is 17.7 Å². The van der Waals surface area contributed by atoms with Gasteiger partial charge in [-0.2, -0.15) is 0 Å². The Morgan fingerprint density at radius 2 is 2.03 bits per heavy atom. The van der Waals surface area contributed by atoms with E-state index in [2.05, 4.69) is 10.3 Å². The topological polar surface area (TPSA) is 94.3 Å². The minimum Gasteiger partial charge on any atom is -0.462 e. The van der Waals surface area contributed by atoms with Gasteiger partial charge in [-0.15, -0.1) is 22.7 Å². The fourth-order valence-electron chi connectivity index (χ4n) is 4.40. The first-order valence-corrected chi connectivity index (χ1v) is 12.7. The zero-order valence-electron chi connectivity index (χ0n) is 18.0. The Hall–Kier alpha value is -2.59. The first-order valence-electron chi connectivity index (χ1n) is 11.0. The van der Waals surface area contributed by atoms with Crippen LogP contribution in [0.2, 0.25) is 0 Å². The third-order valence-electron chi connectivity index (χ3n) is 6.07. The number of hydrogen-bond acceptors (Lipinski definition) is 7. The maximum atomic E-state index is 13.4. The van der Waals surface area contributed by atoms with Crippen molar-refractivity contribution in [3.63, 3.8) is 0 Å². The number of hydrogen-bond donors (Lipinski definition) is 2. The predicted octanol–water partition coefficient (Wildman–Crippen LogP) is 6.06. The molecule has 0 aromatic carbocycles. The lowest BCUT2D eigenvalue weighted by Gasteiger charge is -2.12. The van der Waals surface area contributed by atoms with Gasteiger partial charge in [-0.25, -0.2) is 18.6 Å². The van der Waals surface area contributed by atoms with Crippen molar-refractivity contribution in [3.05, 3.63) is 38.2 Å². The normalized spacial score (nSPS) is 15.6. The number of nitrogens with zero attached hydrogens (tertiary/aromatic N) is 1. The quantitative estimate of drug-likeness (QED) is 0.409. The first-order chi connectivity index (χ1) is 15.9. The van der Waals surface area contributed by atoms with E-state index in [9.17, 15) is 18.4 Å². The van der Waals surface area contributed by atoms with Crippen molar-refractivity contribution in [3.8, 4) is 0 Å². The van der Waals surface area contributed by atoms with Crippen molar-refractivity contribution in [2.24, 2.45) is 0 Å². The number of pyridine rings is 1. The molecule has 5 rings (SSSR count). The van der Waals surface area contributed by atoms with Gasteiger partial charge in [0.05, 0.1) is 17.9 Å². The number of amides is 1. The van der Waals surface area contributed by atoms with E-state index >= 15 is 0 Å². The second-order valence-corrected chi connectivity index (χ2v) is 10.4. The van der Waals surface area contributed by atoms with Gasteiger partial charge < -0.3 is 15.8 Å². The fraction of sp³-hybridized carbons (Fsp3) is 0.435. The van der Waals surface area contributed by atoms with Crippen LogP contribution in [0.3, 0.4) is 0 Å². The zero-order chi connectivity index (χ0) is 23.3. The Morgan fingerprint density at radius 3 is 2.73 bits per heavy atom. The lowest BCUT2D eigenvalue weighted by atomic mass is 9.95. The van der Waals surface area contributed by atoms with E-state index in [4.69, 9.17) is 10.5 Å². The molecule has 0 saturated heterocycles. The number of alkyl halides is 2. The minimum absolute atomic E-state index is 0.167. The highest BCUT2D eigenvalue weighted by Gasteiger charge is 2.32. The molecule has 33 heavy (non-hydrogen) atoms. The number of esters is 1. The number of nitrogens with two attached hydrogens (primary N) is 1. The van der Waals surface area contributed by atoms with E-state index in [1.807, 2.05) is 0 Å². The Morgan fingerprint density at radius 1 is 1.27 bits per heavy atom. The molecule has 0 unspecified atom stereocenters. The number of anilines is 2. The van der Waals surface area contributed by atoms with Crippen molar-refractivity contribution >= 4 is 55.5 Å². The van der Waals surface area contributed by atoms with E-state index in [1.54, 1.807) is 6.92 Å². The number of nitrogens with one attached hydrogen (secondary N) is 1. The van der Waals surface area contributed by atoms with Gasteiger partial charge in [0.15, 0.2) is 0 Å². The number of thiophene rings is 2. The molecule has 10 heteroatoms. The molecule has 3 N–H and O–H groups in total. The van der Waals surface area contributed by atoms with Gasteiger partial charge in [0.25, 0.3) is 12.3 Å². The van der Waals surface area contributed by atoms with Gasteiger partial charge in [-0.3, -0.25) is 4.79 Å². The summed E-state index contributed by atoms with van der Waals surface area (Å²) in [5, 5.41) is 3.90. The minimum atomic E-state index is -2.70. The SMILES string of the molecule is CCOC(=O)c1c(NC(=O)c2sc3nc(C(F)F)cc(C4CC4)c3c2N)sc2c1CCCC2. The number of fused-ring (bicyclic) bond motifs is 2. The molecule has 0 bridgehead atoms. The molecule has 0 atom stereocenters. The Kier molecular flexibility index (Phi) is 5.82. The van der Waals surface area contributed by atoms with Crippen LogP contribution in [0.5, 0.6) is 0 Å². The van der Waals surface area contributed by atoms with Crippen LogP contribution in [0.25, 0.3) is 10.2 Å². The van der Waals surface area contributed by atoms with E-state index in [0.29, 0.717) is 20.8 Å². The maximum absolute atomic E-state index is 13.4. The Balaban J connectivity index is 1.54. The van der Waals surface area contributed by atoms with Crippen molar-refractivity contribution < 1.29 is 23.1 Å². The molecule has 0 radical (unpaired) electrons. The van der Waals surface area contributed by atoms with Crippen LogP contribution in [0.1, 0.15) is 86.7 Å². The summed E-state index contributed by atoms with van der Waals surface area (Å²) >= 11 is 2.40. The Bertz CT molecular complexity index is 1260. The van der Waals surface area contributed by atoms with Crippen LogP contribution < -0.4 is 11.1 Å². The maximum Gasteiger partial charge on any atom is 0.341 e. The second kappa shape index (κ2) is 8.64. The molecule has 1 amide bonds. The van der Waals surface area contributed by atoms with Crippen LogP contribution in [-0.4, -0.2) is 23.5 Å². The summed E-state index contributed by atoms with van der Waals surface area (Å²) in [6.45, 7) is 1.98. The molecule has 0 aliphatic heterocycles. The van der Waals surface area contributed by atoms with Crippen LogP contribution in [0, 0.1) is 0 Å². The molecule has 3 aromatic rings. The van der Waals surface area contributed by atoms with Gasteiger partial charge in [0, 0.05) is 10.3 Å². The average molecular weight is 492 g/mol. The summed E-state index contributed by atoms with van der Waals surface area (Å²) in [4.78, 5) is 31.7. The summed E-state index contributed by atoms with van der Waals surface area (Å²) < 4.78 is 32.0. The summed E-state index contributed by atoms with van der Waals surface area (Å²) in [5.41, 5.74) is 8.42. The molecule has 1 fully saturated rings. The van der Waals surface area contributed by atoms with Crippen LogP contribution in [-0.2, 0) is 17.6 Å². The van der Waals surface area contributed by atoms with E-state index in [0.717, 1.165) is 65.9 Å². The number of halogens is 2. The number of carbonyl (C=O) groups is 2. The standard InChI is InChI=1S/C23H23F2N3O3S2/c1-2-31-23(30)16-11-5-3-4-6-14(11)32-22(16)28-20(29)18-17(26)15-12(10-7-8-10)9-13(19(24)25)27-21(15)33-18/h9-10,19H,2-8,26H2,1H3,(H,28,29). The molecular weight excluding hydrogens is 468 g/mol. The third kappa shape index (κ3) is 3.99. The molecule has 1 saturated carbocycles. The summed E-state index contributed by atoms with van der Waals surface area (Å²) in [6, 6.07) is 1.42. The molecule has 174 valence electrons. The lowest BCUT2D eigenvalue weighted by molar-refractivity contribution is 0.0526. The van der Waals surface area contributed by atoms with Gasteiger partial charge in [0.2, 0.25) is 0 Å². The number of carbonyl (C=O) groups excluding carboxylic acids is 2. The van der Waals surface area contributed by atoms with Crippen LogP contribution in [0.4, 0.5) is 19.5 Å². The smallest absolute Gasteiger partial charge is 0.341 e. The predicted molar refractivity (Wildman–Crippen MR) is 126 cm³/mol. The fourth-order valence-corrected chi connectivity index (χ4v) is 6.70. The second-order valence-electron chi connectivity index (χ2n) is 8.33. The number of aromatic nitrogens is 1. The third-order valence-corrected chi connectivity index (χ3v) is 8.38. The molecular formula is C23H23F2N3O3S2. The molecule has 2 aliphatic rings. The highest BCUT2D eigenvalue weighted by atomic mass is 32.1. The number of aryl methyl sites for hydroxylation is 1. The molecule has 6 nitrogen and oxygen atoms in total. The van der Waals surface area contributed by atoms with Crippen LogP contribution in [0.15, 0.2) is 6.07 Å². The van der Waals surface area contributed by atoms with E-state index in [-0.39, 0.29) is 28.8 Å². The van der Waals surface area contributed by atoms with Crippen molar-refractivity contribution in [1.82, 2.24) is 4.98 Å². The summed E-state index contributed by atoms with van der Waals surface area (Å²) in [6.07, 6.45) is 2.76. The molecule has 3 heterocycles.